The second-order valence-electron chi connectivity index (χ2n) is 4.94. The first-order valence-corrected chi connectivity index (χ1v) is 7.56. The second-order valence-corrected chi connectivity index (χ2v) is 5.81. The largest absolute Gasteiger partial charge is 0.484 e. The van der Waals surface area contributed by atoms with Crippen LogP contribution in [0, 0.1) is 0 Å². The van der Waals surface area contributed by atoms with Gasteiger partial charge in [-0.2, -0.15) is 0 Å². The van der Waals surface area contributed by atoms with Crippen LogP contribution in [0.5, 0.6) is 5.75 Å². The first-order valence-electron chi connectivity index (χ1n) is 6.81. The molecule has 1 aliphatic heterocycles. The molecule has 0 aliphatic carbocycles. The Hall–Kier alpha value is -2.24. The van der Waals surface area contributed by atoms with Crippen LogP contribution in [-0.4, -0.2) is 25.0 Å². The summed E-state index contributed by atoms with van der Waals surface area (Å²) in [5.74, 6) is -0.183. The fraction of sp³-hybridized carbons (Fsp3) is 0.125. The summed E-state index contributed by atoms with van der Waals surface area (Å²) in [4.78, 5) is 25.5. The van der Waals surface area contributed by atoms with Gasteiger partial charge in [0.2, 0.25) is 5.91 Å². The van der Waals surface area contributed by atoms with Gasteiger partial charge < -0.3 is 10.1 Å². The lowest BCUT2D eigenvalue weighted by atomic mass is 10.2. The molecular weight excluding hydrogens is 339 g/mol. The van der Waals surface area contributed by atoms with Gasteiger partial charge in [-0.1, -0.05) is 35.3 Å². The highest BCUT2D eigenvalue weighted by atomic mass is 35.5. The molecular formula is C16H12Cl2N2O3. The highest BCUT2D eigenvalue weighted by molar-refractivity contribution is 6.34. The number of benzene rings is 2. The highest BCUT2D eigenvalue weighted by Gasteiger charge is 2.26. The van der Waals surface area contributed by atoms with E-state index in [1.54, 1.807) is 42.5 Å². The van der Waals surface area contributed by atoms with Crippen LogP contribution in [0.15, 0.2) is 42.5 Å². The van der Waals surface area contributed by atoms with Gasteiger partial charge in [-0.3, -0.25) is 14.5 Å². The number of ether oxygens (including phenoxy) is 1. The number of hydrogen-bond donors (Lipinski definition) is 1. The number of carbonyl (C=O) groups excluding carboxylic acids is 2. The molecule has 3 rings (SSSR count). The molecule has 0 bridgehead atoms. The molecule has 0 atom stereocenters. The van der Waals surface area contributed by atoms with E-state index in [2.05, 4.69) is 5.32 Å². The minimum atomic E-state index is -0.330. The van der Waals surface area contributed by atoms with Crippen molar-refractivity contribution in [1.82, 2.24) is 0 Å². The fourth-order valence-electron chi connectivity index (χ4n) is 2.29. The minimum Gasteiger partial charge on any atom is -0.484 e. The Morgan fingerprint density at radius 1 is 1.17 bits per heavy atom. The topological polar surface area (TPSA) is 58.6 Å². The van der Waals surface area contributed by atoms with Crippen molar-refractivity contribution < 1.29 is 14.3 Å². The lowest BCUT2D eigenvalue weighted by Gasteiger charge is -2.29. The average Bonchev–Trinajstić information content (AvgIpc) is 2.51. The van der Waals surface area contributed by atoms with E-state index in [1.165, 1.54) is 4.90 Å². The summed E-state index contributed by atoms with van der Waals surface area (Å²) in [5, 5.41) is 3.56. The summed E-state index contributed by atoms with van der Waals surface area (Å²) in [6.07, 6.45) is 0. The van der Waals surface area contributed by atoms with E-state index in [-0.39, 0.29) is 25.0 Å². The van der Waals surface area contributed by atoms with Crippen molar-refractivity contribution in [3.8, 4) is 5.75 Å². The van der Waals surface area contributed by atoms with Gasteiger partial charge >= 0.3 is 0 Å². The zero-order chi connectivity index (χ0) is 16.4. The summed E-state index contributed by atoms with van der Waals surface area (Å²) in [6.45, 7) is -0.270. The van der Waals surface area contributed by atoms with Crippen LogP contribution in [0.1, 0.15) is 0 Å². The molecule has 7 heteroatoms. The fourth-order valence-corrected chi connectivity index (χ4v) is 2.80. The normalized spacial score (nSPS) is 13.3. The molecule has 2 aromatic carbocycles. The number of fused-ring (bicyclic) bond motifs is 1. The van der Waals surface area contributed by atoms with E-state index >= 15 is 0 Å². The summed E-state index contributed by atoms with van der Waals surface area (Å²) in [7, 11) is 0. The molecule has 23 heavy (non-hydrogen) atoms. The van der Waals surface area contributed by atoms with Gasteiger partial charge in [0.05, 0.1) is 11.4 Å². The number of carbonyl (C=O) groups is 2. The number of halogens is 2. The summed E-state index contributed by atoms with van der Waals surface area (Å²) < 4.78 is 5.44. The first kappa shape index (κ1) is 15.6. The first-order chi connectivity index (χ1) is 11.0. The van der Waals surface area contributed by atoms with Crippen LogP contribution in [-0.2, 0) is 9.59 Å². The Kier molecular flexibility index (Phi) is 4.41. The van der Waals surface area contributed by atoms with Crippen LogP contribution in [0.2, 0.25) is 10.0 Å². The monoisotopic (exact) mass is 350 g/mol. The van der Waals surface area contributed by atoms with Crippen molar-refractivity contribution in [2.75, 3.05) is 23.4 Å². The molecule has 0 fully saturated rings. The molecule has 0 saturated heterocycles. The summed E-state index contributed by atoms with van der Waals surface area (Å²) >= 11 is 11.8. The molecule has 1 aliphatic rings. The SMILES string of the molecule is O=C1CN(C(=O)COc2cc(Cl)cc(Cl)c2)c2ccccc2N1. The van der Waals surface area contributed by atoms with Crippen molar-refractivity contribution in [2.24, 2.45) is 0 Å². The number of nitrogens with one attached hydrogen (secondary N) is 1. The average molecular weight is 351 g/mol. The van der Waals surface area contributed by atoms with E-state index in [0.717, 1.165) is 0 Å². The van der Waals surface area contributed by atoms with E-state index in [4.69, 9.17) is 27.9 Å². The third-order valence-electron chi connectivity index (χ3n) is 3.27. The van der Waals surface area contributed by atoms with Crippen LogP contribution in [0.25, 0.3) is 0 Å². The lowest BCUT2D eigenvalue weighted by Crippen LogP contribution is -2.44. The van der Waals surface area contributed by atoms with Crippen molar-refractivity contribution >= 4 is 46.4 Å². The van der Waals surface area contributed by atoms with Crippen molar-refractivity contribution in [2.45, 2.75) is 0 Å². The van der Waals surface area contributed by atoms with Crippen LogP contribution >= 0.6 is 23.2 Å². The van der Waals surface area contributed by atoms with Crippen molar-refractivity contribution in [3.63, 3.8) is 0 Å². The molecule has 0 unspecified atom stereocenters. The zero-order valence-corrected chi connectivity index (χ0v) is 13.4. The Morgan fingerprint density at radius 3 is 2.61 bits per heavy atom. The summed E-state index contributed by atoms with van der Waals surface area (Å²) in [5.41, 5.74) is 1.24. The smallest absolute Gasteiger partial charge is 0.265 e. The maximum absolute atomic E-state index is 12.4. The second kappa shape index (κ2) is 6.48. The molecule has 2 aromatic rings. The van der Waals surface area contributed by atoms with Gasteiger partial charge in [-0.15, -0.1) is 0 Å². The third kappa shape index (κ3) is 3.57. The van der Waals surface area contributed by atoms with Gasteiger partial charge in [-0.25, -0.2) is 0 Å². The molecule has 0 spiro atoms. The van der Waals surface area contributed by atoms with Crippen molar-refractivity contribution in [3.05, 3.63) is 52.5 Å². The highest BCUT2D eigenvalue weighted by Crippen LogP contribution is 2.29. The lowest BCUT2D eigenvalue weighted by molar-refractivity contribution is -0.123. The number of amides is 2. The van der Waals surface area contributed by atoms with Gasteiger partial charge in [0.1, 0.15) is 12.3 Å². The number of rotatable bonds is 3. The predicted octanol–water partition coefficient (Wildman–Crippen LogP) is 3.36. The van der Waals surface area contributed by atoms with Gasteiger partial charge in [0.25, 0.3) is 5.91 Å². The standard InChI is InChI=1S/C16H12Cl2N2O3/c17-10-5-11(18)7-12(6-10)23-9-16(22)20-8-15(21)19-13-3-1-2-4-14(13)20/h1-7H,8-9H2,(H,19,21). The van der Waals surface area contributed by atoms with E-state index in [9.17, 15) is 9.59 Å². The number of nitrogens with zero attached hydrogens (tertiary/aromatic N) is 1. The number of hydrogen-bond acceptors (Lipinski definition) is 3. The molecule has 0 aromatic heterocycles. The van der Waals surface area contributed by atoms with E-state index in [1.807, 2.05) is 0 Å². The number of para-hydroxylation sites is 2. The Morgan fingerprint density at radius 2 is 1.87 bits per heavy atom. The molecule has 1 heterocycles. The van der Waals surface area contributed by atoms with Gasteiger partial charge in [-0.05, 0) is 30.3 Å². The quantitative estimate of drug-likeness (QED) is 0.923. The van der Waals surface area contributed by atoms with Gasteiger partial charge in [0.15, 0.2) is 6.61 Å². The zero-order valence-electron chi connectivity index (χ0n) is 11.9. The van der Waals surface area contributed by atoms with E-state index in [0.29, 0.717) is 27.2 Å². The molecule has 0 radical (unpaired) electrons. The van der Waals surface area contributed by atoms with Gasteiger partial charge in [0, 0.05) is 10.0 Å². The van der Waals surface area contributed by atoms with Crippen LogP contribution in [0.3, 0.4) is 0 Å². The van der Waals surface area contributed by atoms with Crippen molar-refractivity contribution in [1.29, 1.82) is 0 Å². The molecule has 118 valence electrons. The van der Waals surface area contributed by atoms with Crippen LogP contribution < -0.4 is 15.0 Å². The minimum absolute atomic E-state index is 0.0461. The molecule has 2 amide bonds. The molecule has 1 N–H and O–H groups in total. The van der Waals surface area contributed by atoms with Crippen LogP contribution in [0.4, 0.5) is 11.4 Å². The molecule has 0 saturated carbocycles. The number of anilines is 2. The Bertz CT molecular complexity index is 759. The maximum Gasteiger partial charge on any atom is 0.265 e. The maximum atomic E-state index is 12.4. The predicted molar refractivity (Wildman–Crippen MR) is 89.4 cm³/mol. The third-order valence-corrected chi connectivity index (χ3v) is 3.71. The summed E-state index contributed by atoms with van der Waals surface area (Å²) in [6, 6.07) is 11.8. The van der Waals surface area contributed by atoms with E-state index < -0.39 is 0 Å². The Balaban J connectivity index is 1.75. The molecule has 5 nitrogen and oxygen atoms in total. The Labute approximate surface area is 142 Å².